The highest BCUT2D eigenvalue weighted by molar-refractivity contribution is 7.98. The first kappa shape index (κ1) is 15.5. The zero-order chi connectivity index (χ0) is 16.2. The third-order valence-electron chi connectivity index (χ3n) is 4.80. The highest BCUT2D eigenvalue weighted by Crippen LogP contribution is 2.46. The van der Waals surface area contributed by atoms with E-state index in [9.17, 15) is 0 Å². The van der Waals surface area contributed by atoms with Gasteiger partial charge in [-0.3, -0.25) is 0 Å². The SMILES string of the molecule is c1ccc(CSc2nnc(C3(c4ccccc4)CCCC3)o2)cc1. The summed E-state index contributed by atoms with van der Waals surface area (Å²) in [6, 6.07) is 21.0. The Bertz CT molecular complexity index is 780. The lowest BCUT2D eigenvalue weighted by molar-refractivity contribution is 0.335. The van der Waals surface area contributed by atoms with Crippen LogP contribution in [0.15, 0.2) is 70.3 Å². The molecule has 0 bridgehead atoms. The van der Waals surface area contributed by atoms with E-state index in [1.807, 2.05) is 6.07 Å². The van der Waals surface area contributed by atoms with E-state index < -0.39 is 0 Å². The molecule has 1 heterocycles. The molecule has 1 aromatic heterocycles. The first-order chi connectivity index (χ1) is 11.9. The lowest BCUT2D eigenvalue weighted by Gasteiger charge is -2.25. The Morgan fingerprint density at radius 3 is 2.25 bits per heavy atom. The monoisotopic (exact) mass is 336 g/mol. The minimum Gasteiger partial charge on any atom is -0.415 e. The lowest BCUT2D eigenvalue weighted by Crippen LogP contribution is -2.24. The number of nitrogens with zero attached hydrogens (tertiary/aromatic N) is 2. The molecule has 0 aliphatic heterocycles. The van der Waals surface area contributed by atoms with Gasteiger partial charge in [0.05, 0.1) is 5.41 Å². The minimum absolute atomic E-state index is 0.0974. The molecule has 3 nitrogen and oxygen atoms in total. The van der Waals surface area contributed by atoms with Crippen molar-refractivity contribution in [3.8, 4) is 0 Å². The van der Waals surface area contributed by atoms with Crippen LogP contribution in [0, 0.1) is 0 Å². The van der Waals surface area contributed by atoms with E-state index >= 15 is 0 Å². The quantitative estimate of drug-likeness (QED) is 0.599. The van der Waals surface area contributed by atoms with Crippen molar-refractivity contribution in [2.75, 3.05) is 0 Å². The standard InChI is InChI=1S/C20H20N2OS/c1-3-9-16(10-4-1)15-24-19-22-21-18(23-19)20(13-7-8-14-20)17-11-5-2-6-12-17/h1-6,9-12H,7-8,13-15H2. The van der Waals surface area contributed by atoms with Gasteiger partial charge in [0.15, 0.2) is 0 Å². The van der Waals surface area contributed by atoms with Gasteiger partial charge in [-0.1, -0.05) is 85.3 Å². The molecule has 0 spiro atoms. The van der Waals surface area contributed by atoms with Crippen LogP contribution in [0.3, 0.4) is 0 Å². The second-order valence-electron chi connectivity index (χ2n) is 6.30. The van der Waals surface area contributed by atoms with Crippen LogP contribution in [0.5, 0.6) is 0 Å². The van der Waals surface area contributed by atoms with Crippen LogP contribution in [0.25, 0.3) is 0 Å². The molecule has 24 heavy (non-hydrogen) atoms. The van der Waals surface area contributed by atoms with Crippen LogP contribution in [-0.4, -0.2) is 10.2 Å². The number of aromatic nitrogens is 2. The van der Waals surface area contributed by atoms with Crippen molar-refractivity contribution in [3.63, 3.8) is 0 Å². The fourth-order valence-corrected chi connectivity index (χ4v) is 4.26. The zero-order valence-corrected chi connectivity index (χ0v) is 14.3. The predicted molar refractivity (Wildman–Crippen MR) is 96.0 cm³/mol. The molecule has 0 radical (unpaired) electrons. The van der Waals surface area contributed by atoms with E-state index in [1.165, 1.54) is 24.0 Å². The summed E-state index contributed by atoms with van der Waals surface area (Å²) in [5, 5.41) is 9.38. The summed E-state index contributed by atoms with van der Waals surface area (Å²) in [4.78, 5) is 0. The molecule has 0 atom stereocenters. The van der Waals surface area contributed by atoms with Gasteiger partial charge in [0.25, 0.3) is 5.22 Å². The molecule has 4 heteroatoms. The molecule has 0 unspecified atom stereocenters. The summed E-state index contributed by atoms with van der Waals surface area (Å²) in [7, 11) is 0. The molecule has 0 saturated heterocycles. The summed E-state index contributed by atoms with van der Waals surface area (Å²) in [5.74, 6) is 1.63. The molecule has 1 fully saturated rings. The maximum Gasteiger partial charge on any atom is 0.276 e. The van der Waals surface area contributed by atoms with Gasteiger partial charge < -0.3 is 4.42 Å². The molecule has 3 aromatic rings. The molecular formula is C20H20N2OS. The molecule has 2 aromatic carbocycles. The lowest BCUT2D eigenvalue weighted by atomic mass is 9.79. The first-order valence-corrected chi connectivity index (χ1v) is 9.42. The van der Waals surface area contributed by atoms with Crippen LogP contribution < -0.4 is 0 Å². The minimum atomic E-state index is -0.0974. The molecule has 122 valence electrons. The summed E-state index contributed by atoms with van der Waals surface area (Å²) in [6.45, 7) is 0. The highest BCUT2D eigenvalue weighted by Gasteiger charge is 2.42. The zero-order valence-electron chi connectivity index (χ0n) is 13.5. The van der Waals surface area contributed by atoms with Gasteiger partial charge in [-0.25, -0.2) is 0 Å². The van der Waals surface area contributed by atoms with Crippen molar-refractivity contribution in [2.45, 2.75) is 42.1 Å². The predicted octanol–water partition coefficient (Wildman–Crippen LogP) is 5.22. The van der Waals surface area contributed by atoms with Crippen molar-refractivity contribution in [1.82, 2.24) is 10.2 Å². The molecule has 0 amide bonds. The van der Waals surface area contributed by atoms with Crippen molar-refractivity contribution >= 4 is 11.8 Å². The maximum absolute atomic E-state index is 6.09. The summed E-state index contributed by atoms with van der Waals surface area (Å²) in [6.07, 6.45) is 4.59. The number of hydrogen-bond acceptors (Lipinski definition) is 4. The molecule has 1 aliphatic carbocycles. The van der Waals surface area contributed by atoms with Gasteiger partial charge in [-0.15, -0.1) is 10.2 Å². The fourth-order valence-electron chi connectivity index (χ4n) is 3.54. The fraction of sp³-hybridized carbons (Fsp3) is 0.300. The third-order valence-corrected chi connectivity index (χ3v) is 5.69. The van der Waals surface area contributed by atoms with E-state index in [0.29, 0.717) is 5.22 Å². The maximum atomic E-state index is 6.09. The van der Waals surface area contributed by atoms with E-state index in [1.54, 1.807) is 11.8 Å². The van der Waals surface area contributed by atoms with E-state index in [2.05, 4.69) is 64.8 Å². The average molecular weight is 336 g/mol. The Balaban J connectivity index is 1.56. The van der Waals surface area contributed by atoms with Crippen molar-refractivity contribution < 1.29 is 4.42 Å². The smallest absolute Gasteiger partial charge is 0.276 e. The number of rotatable bonds is 5. The molecule has 1 aliphatic rings. The Morgan fingerprint density at radius 1 is 0.875 bits per heavy atom. The van der Waals surface area contributed by atoms with E-state index in [0.717, 1.165) is 24.5 Å². The second kappa shape index (κ2) is 6.81. The van der Waals surface area contributed by atoms with Crippen molar-refractivity contribution in [2.24, 2.45) is 0 Å². The first-order valence-electron chi connectivity index (χ1n) is 8.43. The normalized spacial score (nSPS) is 16.3. The Hall–Kier alpha value is -2.07. The number of thioether (sulfide) groups is 1. The second-order valence-corrected chi connectivity index (χ2v) is 7.23. The van der Waals surface area contributed by atoms with Gasteiger partial charge in [-0.05, 0) is 24.0 Å². The third kappa shape index (κ3) is 2.98. The molecule has 0 N–H and O–H groups in total. The van der Waals surface area contributed by atoms with Crippen LogP contribution in [0.4, 0.5) is 0 Å². The molecule has 1 saturated carbocycles. The Kier molecular flexibility index (Phi) is 4.39. The van der Waals surface area contributed by atoms with Gasteiger partial charge in [0.1, 0.15) is 0 Å². The van der Waals surface area contributed by atoms with Crippen molar-refractivity contribution in [3.05, 3.63) is 77.7 Å². The van der Waals surface area contributed by atoms with Gasteiger partial charge in [0.2, 0.25) is 5.89 Å². The number of benzene rings is 2. The van der Waals surface area contributed by atoms with Crippen LogP contribution in [0.2, 0.25) is 0 Å². The number of hydrogen-bond donors (Lipinski definition) is 0. The Morgan fingerprint density at radius 2 is 1.54 bits per heavy atom. The van der Waals surface area contributed by atoms with Gasteiger partial charge >= 0.3 is 0 Å². The van der Waals surface area contributed by atoms with Crippen molar-refractivity contribution in [1.29, 1.82) is 0 Å². The summed E-state index contributed by atoms with van der Waals surface area (Å²) < 4.78 is 6.09. The highest BCUT2D eigenvalue weighted by atomic mass is 32.2. The van der Waals surface area contributed by atoms with Crippen LogP contribution in [-0.2, 0) is 11.2 Å². The Labute approximate surface area is 146 Å². The van der Waals surface area contributed by atoms with E-state index in [-0.39, 0.29) is 5.41 Å². The average Bonchev–Trinajstić information content (AvgIpc) is 3.32. The largest absolute Gasteiger partial charge is 0.415 e. The summed E-state index contributed by atoms with van der Waals surface area (Å²) in [5.41, 5.74) is 2.46. The van der Waals surface area contributed by atoms with Crippen LogP contribution in [0.1, 0.15) is 42.7 Å². The summed E-state index contributed by atoms with van der Waals surface area (Å²) >= 11 is 1.61. The van der Waals surface area contributed by atoms with Crippen LogP contribution >= 0.6 is 11.8 Å². The molecule has 4 rings (SSSR count). The topological polar surface area (TPSA) is 38.9 Å². The van der Waals surface area contributed by atoms with Gasteiger partial charge in [-0.2, -0.15) is 0 Å². The van der Waals surface area contributed by atoms with Gasteiger partial charge in [0, 0.05) is 5.75 Å². The van der Waals surface area contributed by atoms with E-state index in [4.69, 9.17) is 4.42 Å². The molecular weight excluding hydrogens is 316 g/mol.